The van der Waals surface area contributed by atoms with Crippen LogP contribution in [0.3, 0.4) is 0 Å². The number of rotatable bonds is 5. The number of aliphatic carboxylic acids is 1. The summed E-state index contributed by atoms with van der Waals surface area (Å²) in [4.78, 5) is 10.4. The summed E-state index contributed by atoms with van der Waals surface area (Å²) in [7, 11) is 0. The summed E-state index contributed by atoms with van der Waals surface area (Å²) in [6, 6.07) is 0. The summed E-state index contributed by atoms with van der Waals surface area (Å²) in [6.45, 7) is -0.107. The summed E-state index contributed by atoms with van der Waals surface area (Å²) in [5.74, 6) is -2.09. The smallest absolute Gasteiger partial charge is 0.345 e. The molecule has 0 aromatic heterocycles. The first-order chi connectivity index (χ1) is 5.49. The van der Waals surface area contributed by atoms with Gasteiger partial charge in [-0.2, -0.15) is 8.78 Å². The molecular formula is C7H11F2O3. The van der Waals surface area contributed by atoms with Gasteiger partial charge in [0, 0.05) is 0 Å². The SMILES string of the molecule is CCC([C](C)OC(F)F)C(=O)O. The molecule has 1 N–H and O–H groups in total. The molecule has 0 aliphatic carbocycles. The number of halogens is 2. The second kappa shape index (κ2) is 5.03. The van der Waals surface area contributed by atoms with Gasteiger partial charge in [-0.05, 0) is 13.3 Å². The van der Waals surface area contributed by atoms with Crippen molar-refractivity contribution in [3.8, 4) is 0 Å². The summed E-state index contributed by atoms with van der Waals surface area (Å²) < 4.78 is 27.2. The van der Waals surface area contributed by atoms with Crippen molar-refractivity contribution in [2.24, 2.45) is 5.92 Å². The third-order valence-corrected chi connectivity index (χ3v) is 1.47. The normalized spacial score (nSPS) is 13.8. The maximum atomic E-state index is 11.6. The molecule has 0 bridgehead atoms. The minimum atomic E-state index is -2.95. The van der Waals surface area contributed by atoms with E-state index < -0.39 is 18.5 Å². The van der Waals surface area contributed by atoms with Gasteiger partial charge in [0.05, 0.1) is 5.92 Å². The maximum absolute atomic E-state index is 11.6. The number of hydrogen-bond acceptors (Lipinski definition) is 2. The summed E-state index contributed by atoms with van der Waals surface area (Å²) >= 11 is 0. The number of hydrogen-bond donors (Lipinski definition) is 1. The minimum absolute atomic E-state index is 0.153. The quantitative estimate of drug-likeness (QED) is 0.704. The predicted molar refractivity (Wildman–Crippen MR) is 37.4 cm³/mol. The molecule has 1 radical (unpaired) electrons. The lowest BCUT2D eigenvalue weighted by Crippen LogP contribution is -2.22. The molecule has 0 spiro atoms. The standard InChI is InChI=1S/C7H11F2O3/c1-3-5(6(10)11)4(2)12-7(8)9/h5,7H,3H2,1-2H3,(H,10,11). The van der Waals surface area contributed by atoms with Gasteiger partial charge in [-0.1, -0.05) is 6.92 Å². The molecule has 0 saturated carbocycles. The molecule has 0 aromatic rings. The van der Waals surface area contributed by atoms with Crippen molar-refractivity contribution >= 4 is 5.97 Å². The van der Waals surface area contributed by atoms with Gasteiger partial charge in [-0.25, -0.2) is 0 Å². The van der Waals surface area contributed by atoms with Gasteiger partial charge < -0.3 is 9.84 Å². The number of alkyl halides is 2. The van der Waals surface area contributed by atoms with E-state index in [4.69, 9.17) is 5.11 Å². The Labute approximate surface area is 69.3 Å². The molecule has 0 fully saturated rings. The first-order valence-corrected chi connectivity index (χ1v) is 3.50. The second-order valence-electron chi connectivity index (χ2n) is 2.29. The zero-order valence-electron chi connectivity index (χ0n) is 6.88. The van der Waals surface area contributed by atoms with E-state index in [2.05, 4.69) is 4.74 Å². The molecule has 0 heterocycles. The zero-order valence-corrected chi connectivity index (χ0v) is 6.88. The van der Waals surface area contributed by atoms with E-state index in [-0.39, 0.29) is 12.5 Å². The van der Waals surface area contributed by atoms with Crippen molar-refractivity contribution in [1.82, 2.24) is 0 Å². The van der Waals surface area contributed by atoms with Gasteiger partial charge in [-0.3, -0.25) is 4.79 Å². The highest BCUT2D eigenvalue weighted by atomic mass is 19.3. The molecule has 12 heavy (non-hydrogen) atoms. The molecular weight excluding hydrogens is 170 g/mol. The molecule has 0 aromatic carbocycles. The van der Waals surface area contributed by atoms with E-state index in [1.54, 1.807) is 6.92 Å². The van der Waals surface area contributed by atoms with Crippen molar-refractivity contribution in [2.45, 2.75) is 26.9 Å². The topological polar surface area (TPSA) is 46.5 Å². The molecule has 0 aliphatic rings. The minimum Gasteiger partial charge on any atom is -0.481 e. The average molecular weight is 181 g/mol. The fourth-order valence-electron chi connectivity index (χ4n) is 0.859. The van der Waals surface area contributed by atoms with Crippen molar-refractivity contribution in [3.63, 3.8) is 0 Å². The van der Waals surface area contributed by atoms with Crippen LogP contribution in [0.15, 0.2) is 0 Å². The second-order valence-corrected chi connectivity index (χ2v) is 2.29. The molecule has 0 rings (SSSR count). The fourth-order valence-corrected chi connectivity index (χ4v) is 0.859. The Morgan fingerprint density at radius 2 is 2.08 bits per heavy atom. The molecule has 5 heteroatoms. The van der Waals surface area contributed by atoms with E-state index in [0.717, 1.165) is 0 Å². The van der Waals surface area contributed by atoms with Crippen LogP contribution in [-0.2, 0) is 9.53 Å². The third-order valence-electron chi connectivity index (χ3n) is 1.47. The van der Waals surface area contributed by atoms with Gasteiger partial charge in [0.1, 0.15) is 6.10 Å². The summed E-state index contributed by atoms with van der Waals surface area (Å²) in [5.41, 5.74) is 0. The highest BCUT2D eigenvalue weighted by Crippen LogP contribution is 2.21. The molecule has 3 nitrogen and oxygen atoms in total. The molecule has 0 saturated heterocycles. The Morgan fingerprint density at radius 1 is 1.58 bits per heavy atom. The Bertz CT molecular complexity index is 150. The van der Waals surface area contributed by atoms with E-state index in [0.29, 0.717) is 0 Å². The van der Waals surface area contributed by atoms with E-state index in [1.807, 2.05) is 0 Å². The van der Waals surface area contributed by atoms with Crippen LogP contribution < -0.4 is 0 Å². The Balaban J connectivity index is 4.02. The van der Waals surface area contributed by atoms with Gasteiger partial charge in [0.25, 0.3) is 0 Å². The molecule has 0 aliphatic heterocycles. The van der Waals surface area contributed by atoms with Crippen LogP contribution in [0, 0.1) is 12.0 Å². The molecule has 1 unspecified atom stereocenters. The lowest BCUT2D eigenvalue weighted by Gasteiger charge is -2.16. The average Bonchev–Trinajstić information content (AvgIpc) is 1.85. The third kappa shape index (κ3) is 3.61. The van der Waals surface area contributed by atoms with Crippen LogP contribution in [0.5, 0.6) is 0 Å². The highest BCUT2D eigenvalue weighted by molar-refractivity contribution is 5.71. The van der Waals surface area contributed by atoms with Crippen LogP contribution in [0.4, 0.5) is 8.78 Å². The largest absolute Gasteiger partial charge is 0.481 e. The zero-order chi connectivity index (χ0) is 9.72. The number of carbonyl (C=O) groups is 1. The van der Waals surface area contributed by atoms with Crippen LogP contribution in [-0.4, -0.2) is 17.7 Å². The lowest BCUT2D eigenvalue weighted by molar-refractivity contribution is -0.155. The van der Waals surface area contributed by atoms with Crippen molar-refractivity contribution < 1.29 is 23.4 Å². The van der Waals surface area contributed by atoms with Crippen LogP contribution in [0.25, 0.3) is 0 Å². The van der Waals surface area contributed by atoms with Crippen molar-refractivity contribution in [2.75, 3.05) is 0 Å². The van der Waals surface area contributed by atoms with Gasteiger partial charge >= 0.3 is 12.6 Å². The molecule has 0 amide bonds. The van der Waals surface area contributed by atoms with Crippen LogP contribution in [0.1, 0.15) is 20.3 Å². The summed E-state index contributed by atoms with van der Waals surface area (Å²) in [5, 5.41) is 8.51. The van der Waals surface area contributed by atoms with Gasteiger partial charge in [0.2, 0.25) is 0 Å². The highest BCUT2D eigenvalue weighted by Gasteiger charge is 2.26. The maximum Gasteiger partial charge on any atom is 0.345 e. The lowest BCUT2D eigenvalue weighted by atomic mass is 10.0. The number of carboxylic acids is 1. The monoisotopic (exact) mass is 181 g/mol. The van der Waals surface area contributed by atoms with E-state index in [1.165, 1.54) is 6.92 Å². The van der Waals surface area contributed by atoms with Gasteiger partial charge in [-0.15, -0.1) is 0 Å². The van der Waals surface area contributed by atoms with E-state index >= 15 is 0 Å². The summed E-state index contributed by atoms with van der Waals surface area (Å²) in [6.07, 6.45) is 0.0912. The Kier molecular flexibility index (Phi) is 4.73. The molecule has 1 atom stereocenters. The molecule has 71 valence electrons. The Morgan fingerprint density at radius 3 is 2.33 bits per heavy atom. The Hall–Kier alpha value is -0.710. The van der Waals surface area contributed by atoms with Crippen molar-refractivity contribution in [3.05, 3.63) is 6.10 Å². The first kappa shape index (κ1) is 11.3. The van der Waals surface area contributed by atoms with Gasteiger partial charge in [0.15, 0.2) is 0 Å². The van der Waals surface area contributed by atoms with E-state index in [9.17, 15) is 13.6 Å². The fraction of sp³-hybridized carbons (Fsp3) is 0.714. The number of carboxylic acid groups (broad SMARTS) is 1. The predicted octanol–water partition coefficient (Wildman–Crippen LogP) is 1.89. The number of ether oxygens (including phenoxy) is 1. The van der Waals surface area contributed by atoms with Crippen molar-refractivity contribution in [1.29, 1.82) is 0 Å². The first-order valence-electron chi connectivity index (χ1n) is 3.50. The van der Waals surface area contributed by atoms with Crippen LogP contribution >= 0.6 is 0 Å². The van der Waals surface area contributed by atoms with Crippen LogP contribution in [0.2, 0.25) is 0 Å².